The summed E-state index contributed by atoms with van der Waals surface area (Å²) < 4.78 is 4.51. The zero-order chi connectivity index (χ0) is 11.4. The molecule has 0 aromatic carbocycles. The normalized spacial score (nSPS) is 17.8. The molecule has 0 bridgehead atoms. The van der Waals surface area contributed by atoms with Crippen LogP contribution in [0.4, 0.5) is 0 Å². The molecule has 1 heterocycles. The number of nitrogens with one attached hydrogen (secondary N) is 1. The van der Waals surface area contributed by atoms with Gasteiger partial charge < -0.3 is 15.0 Å². The van der Waals surface area contributed by atoms with Gasteiger partial charge in [0.1, 0.15) is 6.54 Å². The average Bonchev–Trinajstić information content (AvgIpc) is 2.13. The third-order valence-electron chi connectivity index (χ3n) is 2.88. The summed E-state index contributed by atoms with van der Waals surface area (Å²) in [6.07, 6.45) is 0. The fraction of sp³-hybridized carbons (Fsp3) is 0.800. The number of nitrogens with zero attached hydrogens (tertiary/aromatic N) is 1. The van der Waals surface area contributed by atoms with E-state index in [1.807, 2.05) is 6.92 Å². The van der Waals surface area contributed by atoms with Gasteiger partial charge in [-0.15, -0.1) is 0 Å². The molecule has 1 amide bonds. The molecule has 5 nitrogen and oxygen atoms in total. The van der Waals surface area contributed by atoms with Gasteiger partial charge in [-0.25, -0.2) is 0 Å². The summed E-state index contributed by atoms with van der Waals surface area (Å²) in [6, 6.07) is 0. The van der Waals surface area contributed by atoms with Crippen LogP contribution in [0, 0.1) is 11.8 Å². The molecule has 1 unspecified atom stereocenters. The smallest absolute Gasteiger partial charge is 0.325 e. The predicted octanol–water partition coefficient (Wildman–Crippen LogP) is -0.527. The Morgan fingerprint density at radius 3 is 2.53 bits per heavy atom. The number of carbonyl (C=O) groups excluding carboxylic acids is 2. The van der Waals surface area contributed by atoms with Crippen molar-refractivity contribution in [3.8, 4) is 0 Å². The number of carbonyl (C=O) groups is 2. The summed E-state index contributed by atoms with van der Waals surface area (Å²) in [5.41, 5.74) is 0. The molecule has 1 aliphatic heterocycles. The van der Waals surface area contributed by atoms with E-state index in [9.17, 15) is 9.59 Å². The second-order valence-corrected chi connectivity index (χ2v) is 3.98. The quantitative estimate of drug-likeness (QED) is 0.639. The van der Waals surface area contributed by atoms with Crippen LogP contribution >= 0.6 is 0 Å². The number of likely N-dealkylation sites (N-methyl/N-ethyl adjacent to an activating group) is 1. The minimum absolute atomic E-state index is 0.00639. The molecule has 1 fully saturated rings. The maximum atomic E-state index is 11.8. The average molecular weight is 214 g/mol. The van der Waals surface area contributed by atoms with Crippen molar-refractivity contribution in [2.75, 3.05) is 33.8 Å². The molecule has 0 spiro atoms. The van der Waals surface area contributed by atoms with Gasteiger partial charge in [0.2, 0.25) is 5.91 Å². The molecular weight excluding hydrogens is 196 g/mol. The lowest BCUT2D eigenvalue weighted by Crippen LogP contribution is -2.50. The SMILES string of the molecule is COC(=O)CN(C)C(=O)C(C)C1CNC1. The van der Waals surface area contributed by atoms with Crippen LogP contribution < -0.4 is 5.32 Å². The van der Waals surface area contributed by atoms with Crippen molar-refractivity contribution in [2.24, 2.45) is 11.8 Å². The van der Waals surface area contributed by atoms with Gasteiger partial charge in [0, 0.05) is 13.0 Å². The first-order valence-electron chi connectivity index (χ1n) is 5.08. The highest BCUT2D eigenvalue weighted by atomic mass is 16.5. The van der Waals surface area contributed by atoms with Crippen molar-refractivity contribution in [3.05, 3.63) is 0 Å². The van der Waals surface area contributed by atoms with E-state index in [2.05, 4.69) is 10.1 Å². The standard InChI is InChI=1S/C10H18N2O3/c1-7(8-4-11-5-8)10(14)12(2)6-9(13)15-3/h7-8,11H,4-6H2,1-3H3. The molecule has 0 aliphatic carbocycles. The molecule has 1 rings (SSSR count). The minimum Gasteiger partial charge on any atom is -0.468 e. The Hall–Kier alpha value is -1.10. The van der Waals surface area contributed by atoms with Crippen LogP contribution in [-0.4, -0.2) is 50.6 Å². The van der Waals surface area contributed by atoms with Crippen molar-refractivity contribution in [3.63, 3.8) is 0 Å². The number of ether oxygens (including phenoxy) is 1. The van der Waals surface area contributed by atoms with Crippen LogP contribution in [0.1, 0.15) is 6.92 Å². The molecule has 1 N–H and O–H groups in total. The maximum absolute atomic E-state index is 11.8. The van der Waals surface area contributed by atoms with Crippen LogP contribution in [0.3, 0.4) is 0 Å². The van der Waals surface area contributed by atoms with E-state index in [-0.39, 0.29) is 24.3 Å². The van der Waals surface area contributed by atoms with Gasteiger partial charge in [-0.3, -0.25) is 9.59 Å². The van der Waals surface area contributed by atoms with Gasteiger partial charge in [0.15, 0.2) is 0 Å². The summed E-state index contributed by atoms with van der Waals surface area (Å²) in [7, 11) is 2.95. The van der Waals surface area contributed by atoms with Crippen LogP contribution in [0.15, 0.2) is 0 Å². The zero-order valence-electron chi connectivity index (χ0n) is 9.45. The third kappa shape index (κ3) is 2.92. The Bertz CT molecular complexity index is 251. The Balaban J connectivity index is 2.40. The first-order valence-corrected chi connectivity index (χ1v) is 5.08. The van der Waals surface area contributed by atoms with E-state index < -0.39 is 0 Å². The highest BCUT2D eigenvalue weighted by Gasteiger charge is 2.30. The Labute approximate surface area is 89.8 Å². The van der Waals surface area contributed by atoms with Crippen LogP contribution in [-0.2, 0) is 14.3 Å². The van der Waals surface area contributed by atoms with E-state index in [1.54, 1.807) is 7.05 Å². The summed E-state index contributed by atoms with van der Waals surface area (Å²) in [5, 5.41) is 3.13. The van der Waals surface area contributed by atoms with Gasteiger partial charge in [0.25, 0.3) is 0 Å². The highest BCUT2D eigenvalue weighted by molar-refractivity contribution is 5.83. The molecule has 0 aromatic rings. The Kier molecular flexibility index (Phi) is 4.08. The number of hydrogen-bond acceptors (Lipinski definition) is 4. The zero-order valence-corrected chi connectivity index (χ0v) is 9.45. The van der Waals surface area contributed by atoms with E-state index in [1.165, 1.54) is 12.0 Å². The molecule has 0 saturated carbocycles. The largest absolute Gasteiger partial charge is 0.468 e. The van der Waals surface area contributed by atoms with Gasteiger partial charge in [0.05, 0.1) is 7.11 Å². The topological polar surface area (TPSA) is 58.6 Å². The Morgan fingerprint density at radius 2 is 2.13 bits per heavy atom. The molecular formula is C10H18N2O3. The van der Waals surface area contributed by atoms with Crippen molar-refractivity contribution in [2.45, 2.75) is 6.92 Å². The fourth-order valence-corrected chi connectivity index (χ4v) is 1.55. The second kappa shape index (κ2) is 5.11. The van der Waals surface area contributed by atoms with Crippen molar-refractivity contribution in [1.29, 1.82) is 0 Å². The van der Waals surface area contributed by atoms with E-state index in [0.717, 1.165) is 13.1 Å². The minimum atomic E-state index is -0.384. The number of amides is 1. The monoisotopic (exact) mass is 214 g/mol. The molecule has 5 heteroatoms. The van der Waals surface area contributed by atoms with E-state index >= 15 is 0 Å². The molecule has 15 heavy (non-hydrogen) atoms. The lowest BCUT2D eigenvalue weighted by Gasteiger charge is -2.33. The first kappa shape index (κ1) is 12.0. The summed E-state index contributed by atoms with van der Waals surface area (Å²) >= 11 is 0. The molecule has 1 saturated heterocycles. The van der Waals surface area contributed by atoms with Gasteiger partial charge in [-0.05, 0) is 19.0 Å². The summed E-state index contributed by atoms with van der Waals surface area (Å²) in [6.45, 7) is 3.71. The number of methoxy groups -OCH3 is 1. The number of rotatable bonds is 4. The van der Waals surface area contributed by atoms with Crippen LogP contribution in [0.25, 0.3) is 0 Å². The number of hydrogen-bond donors (Lipinski definition) is 1. The lowest BCUT2D eigenvalue weighted by atomic mass is 9.88. The predicted molar refractivity (Wildman–Crippen MR) is 55.2 cm³/mol. The maximum Gasteiger partial charge on any atom is 0.325 e. The van der Waals surface area contributed by atoms with Crippen LogP contribution in [0.2, 0.25) is 0 Å². The van der Waals surface area contributed by atoms with E-state index in [4.69, 9.17) is 0 Å². The highest BCUT2D eigenvalue weighted by Crippen LogP contribution is 2.17. The van der Waals surface area contributed by atoms with Gasteiger partial charge in [-0.2, -0.15) is 0 Å². The van der Waals surface area contributed by atoms with Crippen molar-refractivity contribution < 1.29 is 14.3 Å². The Morgan fingerprint density at radius 1 is 1.53 bits per heavy atom. The first-order chi connectivity index (χ1) is 7.06. The summed E-state index contributed by atoms with van der Waals surface area (Å²) in [5.74, 6) is -0.00446. The van der Waals surface area contributed by atoms with Gasteiger partial charge >= 0.3 is 5.97 Å². The third-order valence-corrected chi connectivity index (χ3v) is 2.88. The van der Waals surface area contributed by atoms with E-state index in [0.29, 0.717) is 5.92 Å². The molecule has 0 radical (unpaired) electrons. The lowest BCUT2D eigenvalue weighted by molar-refractivity contribution is -0.148. The fourth-order valence-electron chi connectivity index (χ4n) is 1.55. The molecule has 1 aliphatic rings. The van der Waals surface area contributed by atoms with Crippen LogP contribution in [0.5, 0.6) is 0 Å². The number of esters is 1. The summed E-state index contributed by atoms with van der Waals surface area (Å²) in [4.78, 5) is 24.2. The molecule has 0 aromatic heterocycles. The molecule has 1 atom stereocenters. The van der Waals surface area contributed by atoms with Crippen molar-refractivity contribution >= 4 is 11.9 Å². The second-order valence-electron chi connectivity index (χ2n) is 3.98. The molecule has 86 valence electrons. The van der Waals surface area contributed by atoms with Crippen molar-refractivity contribution in [1.82, 2.24) is 10.2 Å². The van der Waals surface area contributed by atoms with Gasteiger partial charge in [-0.1, -0.05) is 6.92 Å².